The third-order valence-corrected chi connectivity index (χ3v) is 3.28. The molecule has 0 radical (unpaired) electrons. The maximum Gasteiger partial charge on any atom is 0.303 e. The lowest BCUT2D eigenvalue weighted by atomic mass is 9.87. The molecule has 0 aromatic rings. The summed E-state index contributed by atoms with van der Waals surface area (Å²) >= 11 is 0. The quantitative estimate of drug-likeness (QED) is 0.526. The van der Waals surface area contributed by atoms with Crippen LogP contribution in [-0.2, 0) is 38.1 Å². The Kier molecular flexibility index (Phi) is 6.48. The molecule has 0 saturated carbocycles. The highest BCUT2D eigenvalue weighted by atomic mass is 16.7. The smallest absolute Gasteiger partial charge is 0.303 e. The average molecular weight is 334 g/mol. The number of esters is 3. The van der Waals surface area contributed by atoms with Crippen LogP contribution >= 0.6 is 0 Å². The van der Waals surface area contributed by atoms with Gasteiger partial charge in [0.15, 0.2) is 24.1 Å². The number of hydrogen-bond acceptors (Lipinski definition) is 9. The van der Waals surface area contributed by atoms with Crippen molar-refractivity contribution in [2.24, 2.45) is 0 Å². The maximum absolute atomic E-state index is 11.4. The van der Waals surface area contributed by atoms with Crippen molar-refractivity contribution in [2.75, 3.05) is 13.7 Å². The topological polar surface area (TPSA) is 118 Å². The number of rotatable bonds is 5. The van der Waals surface area contributed by atoms with Gasteiger partial charge in [0.25, 0.3) is 0 Å². The zero-order valence-corrected chi connectivity index (χ0v) is 13.7. The van der Waals surface area contributed by atoms with Gasteiger partial charge in [-0.05, 0) is 6.92 Å². The lowest BCUT2D eigenvalue weighted by molar-refractivity contribution is -0.333. The molecule has 0 spiro atoms. The van der Waals surface area contributed by atoms with Crippen LogP contribution in [0.15, 0.2) is 0 Å². The van der Waals surface area contributed by atoms with E-state index in [9.17, 15) is 19.5 Å². The van der Waals surface area contributed by atoms with Gasteiger partial charge in [-0.1, -0.05) is 0 Å². The van der Waals surface area contributed by atoms with E-state index in [1.165, 1.54) is 21.0 Å². The molecule has 1 aliphatic heterocycles. The minimum absolute atomic E-state index is 0.263. The van der Waals surface area contributed by atoms with Crippen molar-refractivity contribution in [1.29, 1.82) is 0 Å². The number of carbonyl (C=O) groups excluding carboxylic acids is 3. The third kappa shape index (κ3) is 4.88. The van der Waals surface area contributed by atoms with Crippen molar-refractivity contribution >= 4 is 17.9 Å². The van der Waals surface area contributed by atoms with E-state index in [2.05, 4.69) is 0 Å². The van der Waals surface area contributed by atoms with Crippen molar-refractivity contribution in [3.63, 3.8) is 0 Å². The van der Waals surface area contributed by atoms with Gasteiger partial charge >= 0.3 is 17.9 Å². The highest BCUT2D eigenvalue weighted by Gasteiger charge is 2.57. The molecule has 23 heavy (non-hydrogen) atoms. The summed E-state index contributed by atoms with van der Waals surface area (Å²) in [5.41, 5.74) is -1.78. The van der Waals surface area contributed by atoms with Crippen LogP contribution in [0.1, 0.15) is 27.7 Å². The summed E-state index contributed by atoms with van der Waals surface area (Å²) in [5.74, 6) is -1.92. The second kappa shape index (κ2) is 7.71. The Balaban J connectivity index is 3.14. The number of methoxy groups -OCH3 is 1. The van der Waals surface area contributed by atoms with E-state index in [1.54, 1.807) is 0 Å². The van der Waals surface area contributed by atoms with Gasteiger partial charge in [-0.3, -0.25) is 14.4 Å². The van der Waals surface area contributed by atoms with Crippen molar-refractivity contribution < 1.29 is 43.2 Å². The Labute approximate surface area is 133 Å². The van der Waals surface area contributed by atoms with E-state index >= 15 is 0 Å². The molecule has 1 rings (SSSR count). The first-order valence-corrected chi connectivity index (χ1v) is 6.98. The summed E-state index contributed by atoms with van der Waals surface area (Å²) in [6.45, 7) is 4.58. The van der Waals surface area contributed by atoms with Crippen LogP contribution < -0.4 is 0 Å². The maximum atomic E-state index is 11.4. The lowest BCUT2D eigenvalue weighted by Gasteiger charge is -2.47. The van der Waals surface area contributed by atoms with Gasteiger partial charge in [0.2, 0.25) is 0 Å². The highest BCUT2D eigenvalue weighted by Crippen LogP contribution is 2.34. The van der Waals surface area contributed by atoms with Crippen LogP contribution in [0.25, 0.3) is 0 Å². The molecule has 5 atom stereocenters. The van der Waals surface area contributed by atoms with Gasteiger partial charge in [-0.25, -0.2) is 0 Å². The third-order valence-electron chi connectivity index (χ3n) is 3.28. The molecule has 9 heteroatoms. The zero-order chi connectivity index (χ0) is 17.8. The standard InChI is InChI=1S/C14H22O9/c1-7(15)20-6-10-11(21-8(2)16)12(22-9(3)17)14(4,18)13(19-5)23-10/h10-13,18H,6H2,1-5H3/t10-,11-,12+,13+,14-/m1/s1. The zero-order valence-electron chi connectivity index (χ0n) is 13.7. The first-order chi connectivity index (χ1) is 10.6. The van der Waals surface area contributed by atoms with Crippen LogP contribution in [-0.4, -0.2) is 66.9 Å². The Bertz CT molecular complexity index is 459. The monoisotopic (exact) mass is 334 g/mol. The second-order valence-electron chi connectivity index (χ2n) is 5.37. The second-order valence-corrected chi connectivity index (χ2v) is 5.37. The van der Waals surface area contributed by atoms with Crippen molar-refractivity contribution in [1.82, 2.24) is 0 Å². The SMILES string of the molecule is CO[C@H]1O[C@H](COC(C)=O)[C@@H](OC(C)=O)[C@H](OC(C)=O)[C@@]1(C)O. The van der Waals surface area contributed by atoms with Crippen LogP contribution in [0, 0.1) is 0 Å². The van der Waals surface area contributed by atoms with Crippen LogP contribution in [0.4, 0.5) is 0 Å². The molecule has 0 aromatic carbocycles. The molecule has 1 saturated heterocycles. The molecule has 0 bridgehead atoms. The highest BCUT2D eigenvalue weighted by molar-refractivity contribution is 5.68. The summed E-state index contributed by atoms with van der Waals surface area (Å²) in [4.78, 5) is 33.7. The number of hydrogen-bond donors (Lipinski definition) is 1. The predicted molar refractivity (Wildman–Crippen MR) is 74.0 cm³/mol. The summed E-state index contributed by atoms with van der Waals surface area (Å²) in [7, 11) is 1.29. The number of aliphatic hydroxyl groups is 1. The van der Waals surface area contributed by atoms with Gasteiger partial charge in [0.05, 0.1) is 0 Å². The van der Waals surface area contributed by atoms with Gasteiger partial charge in [0.1, 0.15) is 12.7 Å². The van der Waals surface area contributed by atoms with E-state index < -0.39 is 48.1 Å². The summed E-state index contributed by atoms with van der Waals surface area (Å²) in [5, 5.41) is 10.6. The van der Waals surface area contributed by atoms with Gasteiger partial charge in [-0.2, -0.15) is 0 Å². The predicted octanol–water partition coefficient (Wildman–Crippen LogP) is -0.465. The molecule has 0 aliphatic carbocycles. The summed E-state index contributed by atoms with van der Waals surface area (Å²) < 4.78 is 25.7. The fraction of sp³-hybridized carbons (Fsp3) is 0.786. The molecule has 0 unspecified atom stereocenters. The fourth-order valence-corrected chi connectivity index (χ4v) is 2.36. The van der Waals surface area contributed by atoms with Crippen LogP contribution in [0.2, 0.25) is 0 Å². The molecule has 1 aliphatic rings. The van der Waals surface area contributed by atoms with Crippen molar-refractivity contribution in [3.05, 3.63) is 0 Å². The Morgan fingerprint density at radius 2 is 1.65 bits per heavy atom. The first-order valence-electron chi connectivity index (χ1n) is 6.98. The van der Waals surface area contributed by atoms with Gasteiger partial charge in [0, 0.05) is 27.9 Å². The van der Waals surface area contributed by atoms with Gasteiger partial charge in [-0.15, -0.1) is 0 Å². The molecular weight excluding hydrogens is 312 g/mol. The van der Waals surface area contributed by atoms with Crippen molar-refractivity contribution in [2.45, 2.75) is 57.9 Å². The van der Waals surface area contributed by atoms with Crippen LogP contribution in [0.5, 0.6) is 0 Å². The van der Waals surface area contributed by atoms with Crippen LogP contribution in [0.3, 0.4) is 0 Å². The summed E-state index contributed by atoms with van der Waals surface area (Å²) in [6.07, 6.45) is -4.59. The fourth-order valence-electron chi connectivity index (χ4n) is 2.36. The Hall–Kier alpha value is -1.71. The minimum Gasteiger partial charge on any atom is -0.463 e. The van der Waals surface area contributed by atoms with E-state index in [1.807, 2.05) is 0 Å². The molecule has 132 valence electrons. The lowest BCUT2D eigenvalue weighted by Crippen LogP contribution is -2.67. The minimum atomic E-state index is -1.78. The average Bonchev–Trinajstić information content (AvgIpc) is 2.41. The number of ether oxygens (including phenoxy) is 5. The molecule has 0 aromatic heterocycles. The van der Waals surface area contributed by atoms with E-state index in [0.717, 1.165) is 13.8 Å². The van der Waals surface area contributed by atoms with E-state index in [0.29, 0.717) is 0 Å². The largest absolute Gasteiger partial charge is 0.463 e. The molecule has 0 amide bonds. The molecule has 1 fully saturated rings. The van der Waals surface area contributed by atoms with E-state index in [4.69, 9.17) is 23.7 Å². The summed E-state index contributed by atoms with van der Waals surface area (Å²) in [6, 6.07) is 0. The molecule has 1 N–H and O–H groups in total. The Morgan fingerprint density at radius 1 is 1.09 bits per heavy atom. The normalized spacial score (nSPS) is 33.7. The Morgan fingerprint density at radius 3 is 2.09 bits per heavy atom. The van der Waals surface area contributed by atoms with E-state index in [-0.39, 0.29) is 6.61 Å². The number of carbonyl (C=O) groups is 3. The molecular formula is C14H22O9. The molecule has 1 heterocycles. The first kappa shape index (κ1) is 19.3. The molecule has 9 nitrogen and oxygen atoms in total. The van der Waals surface area contributed by atoms with Gasteiger partial charge < -0.3 is 28.8 Å². The van der Waals surface area contributed by atoms with Crippen molar-refractivity contribution in [3.8, 4) is 0 Å².